The molecule has 0 aliphatic carbocycles. The molecule has 0 radical (unpaired) electrons. The van der Waals surface area contributed by atoms with Gasteiger partial charge in [0.1, 0.15) is 11.2 Å². The monoisotopic (exact) mass is 677 g/mol. The molecule has 4 nitrogen and oxygen atoms in total. The largest absolute Gasteiger partial charge is 0.456 e. The number of rotatable bonds is 6. The zero-order valence-electron chi connectivity index (χ0n) is 28.6. The summed E-state index contributed by atoms with van der Waals surface area (Å²) >= 11 is 0. The van der Waals surface area contributed by atoms with E-state index >= 15 is 0 Å². The fourth-order valence-corrected chi connectivity index (χ4v) is 7.22. The van der Waals surface area contributed by atoms with Crippen LogP contribution < -0.4 is 0 Å². The van der Waals surface area contributed by atoms with Gasteiger partial charge in [-0.25, -0.2) is 9.97 Å². The lowest BCUT2D eigenvalue weighted by atomic mass is 9.93. The molecular formula is C49H31N3O. The van der Waals surface area contributed by atoms with Crippen molar-refractivity contribution in [3.05, 3.63) is 188 Å². The van der Waals surface area contributed by atoms with Gasteiger partial charge in [0.2, 0.25) is 0 Å². The molecule has 10 rings (SSSR count). The predicted molar refractivity (Wildman–Crippen MR) is 217 cm³/mol. The van der Waals surface area contributed by atoms with Crippen LogP contribution in [0.25, 0.3) is 100.0 Å². The SMILES string of the molecule is c1ccc(-c2cc(-c3cc(-c4ccc5ccccc5c4)cc(-c4ccc5oc6ccccc6c5c4)c3)nc(-c3ccc(-c4ccncc4)cc3)n2)cc1. The fraction of sp³-hybridized carbons (Fsp3) is 0. The van der Waals surface area contributed by atoms with Gasteiger partial charge in [-0.05, 0) is 105 Å². The zero-order chi connectivity index (χ0) is 35.1. The number of aromatic nitrogens is 3. The van der Waals surface area contributed by atoms with Crippen LogP contribution in [0, 0.1) is 0 Å². The lowest BCUT2D eigenvalue weighted by Gasteiger charge is -2.14. The van der Waals surface area contributed by atoms with Crippen molar-refractivity contribution in [2.24, 2.45) is 0 Å². The van der Waals surface area contributed by atoms with E-state index < -0.39 is 0 Å². The van der Waals surface area contributed by atoms with Gasteiger partial charge in [-0.15, -0.1) is 0 Å². The molecule has 3 heterocycles. The Morgan fingerprint density at radius 1 is 0.321 bits per heavy atom. The molecule has 0 spiro atoms. The number of hydrogen-bond acceptors (Lipinski definition) is 4. The van der Waals surface area contributed by atoms with Crippen LogP contribution in [0.15, 0.2) is 193 Å². The Morgan fingerprint density at radius 3 is 1.72 bits per heavy atom. The molecule has 3 aromatic heterocycles. The average Bonchev–Trinajstić information content (AvgIpc) is 3.62. The van der Waals surface area contributed by atoms with Crippen LogP contribution in [-0.2, 0) is 0 Å². The number of nitrogens with zero attached hydrogens (tertiary/aromatic N) is 3. The van der Waals surface area contributed by atoms with E-state index in [4.69, 9.17) is 14.4 Å². The molecule has 0 atom stereocenters. The van der Waals surface area contributed by atoms with Gasteiger partial charge >= 0.3 is 0 Å². The Kier molecular flexibility index (Phi) is 7.43. The van der Waals surface area contributed by atoms with Crippen LogP contribution in [0.2, 0.25) is 0 Å². The molecule has 0 bridgehead atoms. The van der Waals surface area contributed by atoms with Crippen molar-refractivity contribution in [2.45, 2.75) is 0 Å². The first-order valence-electron chi connectivity index (χ1n) is 17.7. The van der Waals surface area contributed by atoms with E-state index in [2.05, 4.69) is 151 Å². The van der Waals surface area contributed by atoms with Crippen molar-refractivity contribution in [3.8, 4) is 67.3 Å². The molecule has 10 aromatic rings. The van der Waals surface area contributed by atoms with Crippen molar-refractivity contribution in [1.29, 1.82) is 0 Å². The highest BCUT2D eigenvalue weighted by Gasteiger charge is 2.15. The summed E-state index contributed by atoms with van der Waals surface area (Å²) in [6.07, 6.45) is 3.63. The van der Waals surface area contributed by atoms with Crippen LogP contribution in [0.4, 0.5) is 0 Å². The van der Waals surface area contributed by atoms with Crippen molar-refractivity contribution < 1.29 is 4.42 Å². The molecule has 0 saturated carbocycles. The van der Waals surface area contributed by atoms with E-state index in [1.165, 1.54) is 10.8 Å². The van der Waals surface area contributed by atoms with E-state index in [9.17, 15) is 0 Å². The Bertz CT molecular complexity index is 2930. The van der Waals surface area contributed by atoms with Gasteiger partial charge in [0.05, 0.1) is 11.4 Å². The Labute approximate surface area is 306 Å². The van der Waals surface area contributed by atoms with Crippen molar-refractivity contribution in [3.63, 3.8) is 0 Å². The maximum Gasteiger partial charge on any atom is 0.160 e. The topological polar surface area (TPSA) is 51.8 Å². The van der Waals surface area contributed by atoms with Crippen molar-refractivity contribution >= 4 is 32.7 Å². The van der Waals surface area contributed by atoms with Crippen molar-refractivity contribution in [2.75, 3.05) is 0 Å². The van der Waals surface area contributed by atoms with Gasteiger partial charge in [-0.3, -0.25) is 4.98 Å². The number of hydrogen-bond donors (Lipinski definition) is 0. The van der Waals surface area contributed by atoms with Crippen LogP contribution in [-0.4, -0.2) is 15.0 Å². The lowest BCUT2D eigenvalue weighted by molar-refractivity contribution is 0.669. The van der Waals surface area contributed by atoms with Crippen LogP contribution >= 0.6 is 0 Å². The van der Waals surface area contributed by atoms with Crippen LogP contribution in [0.1, 0.15) is 0 Å². The highest BCUT2D eigenvalue weighted by Crippen LogP contribution is 2.38. The normalized spacial score (nSPS) is 11.4. The van der Waals surface area contributed by atoms with Gasteiger partial charge in [0.25, 0.3) is 0 Å². The average molecular weight is 678 g/mol. The molecule has 7 aromatic carbocycles. The lowest BCUT2D eigenvalue weighted by Crippen LogP contribution is -1.96. The van der Waals surface area contributed by atoms with E-state index in [1.54, 1.807) is 0 Å². The molecular weight excluding hydrogens is 647 g/mol. The Morgan fingerprint density at radius 2 is 0.906 bits per heavy atom. The second kappa shape index (κ2) is 12.9. The summed E-state index contributed by atoms with van der Waals surface area (Å²) in [6.45, 7) is 0. The summed E-state index contributed by atoms with van der Waals surface area (Å²) in [5.74, 6) is 0.673. The number of benzene rings is 7. The molecule has 53 heavy (non-hydrogen) atoms. The molecule has 4 heteroatoms. The van der Waals surface area contributed by atoms with E-state index in [0.717, 1.165) is 83.4 Å². The van der Waals surface area contributed by atoms with Crippen LogP contribution in [0.3, 0.4) is 0 Å². The summed E-state index contributed by atoms with van der Waals surface area (Å²) in [5.41, 5.74) is 13.2. The first-order chi connectivity index (χ1) is 26.2. The molecule has 0 aliphatic rings. The van der Waals surface area contributed by atoms with Crippen molar-refractivity contribution in [1.82, 2.24) is 15.0 Å². The third kappa shape index (κ3) is 5.82. The Hall–Kier alpha value is -7.17. The molecule has 0 N–H and O–H groups in total. The van der Waals surface area contributed by atoms with Gasteiger partial charge in [-0.1, -0.05) is 115 Å². The number of fused-ring (bicyclic) bond motifs is 4. The molecule has 248 valence electrons. The summed E-state index contributed by atoms with van der Waals surface area (Å²) in [6, 6.07) is 61.6. The van der Waals surface area contributed by atoms with Crippen LogP contribution in [0.5, 0.6) is 0 Å². The number of furan rings is 1. The third-order valence-electron chi connectivity index (χ3n) is 9.97. The smallest absolute Gasteiger partial charge is 0.160 e. The molecule has 0 fully saturated rings. The minimum absolute atomic E-state index is 0.673. The summed E-state index contributed by atoms with van der Waals surface area (Å²) in [5, 5.41) is 4.63. The van der Waals surface area contributed by atoms with Gasteiger partial charge in [0, 0.05) is 39.9 Å². The molecule has 0 aliphatic heterocycles. The summed E-state index contributed by atoms with van der Waals surface area (Å²) in [4.78, 5) is 14.6. The second-order valence-corrected chi connectivity index (χ2v) is 13.3. The molecule has 0 amide bonds. The third-order valence-corrected chi connectivity index (χ3v) is 9.97. The maximum absolute atomic E-state index is 6.19. The number of pyridine rings is 1. The highest BCUT2D eigenvalue weighted by atomic mass is 16.3. The van der Waals surface area contributed by atoms with E-state index in [0.29, 0.717) is 5.82 Å². The maximum atomic E-state index is 6.19. The van der Waals surface area contributed by atoms with Gasteiger partial charge < -0.3 is 4.42 Å². The fourth-order valence-electron chi connectivity index (χ4n) is 7.22. The van der Waals surface area contributed by atoms with Gasteiger partial charge in [-0.2, -0.15) is 0 Å². The first-order valence-corrected chi connectivity index (χ1v) is 17.7. The van der Waals surface area contributed by atoms with E-state index in [-0.39, 0.29) is 0 Å². The summed E-state index contributed by atoms with van der Waals surface area (Å²) in [7, 11) is 0. The second-order valence-electron chi connectivity index (χ2n) is 13.3. The van der Waals surface area contributed by atoms with Gasteiger partial charge in [0.15, 0.2) is 5.82 Å². The Balaban J connectivity index is 1.17. The molecule has 0 saturated heterocycles. The molecule has 0 unspecified atom stereocenters. The minimum Gasteiger partial charge on any atom is -0.456 e. The standard InChI is InChI=1S/C49H31N3O/c1-2-9-35(10-3-1)45-31-46(52-49(51-45)36-17-14-33(15-18-36)34-22-24-50-25-23-34)42-28-40(38-19-16-32-8-4-5-11-37(32)26-38)27-41(29-42)39-20-21-48-44(30-39)43-12-6-7-13-47(43)53-48/h1-31H. The highest BCUT2D eigenvalue weighted by molar-refractivity contribution is 6.06. The van der Waals surface area contributed by atoms with E-state index in [1.807, 2.05) is 42.7 Å². The summed E-state index contributed by atoms with van der Waals surface area (Å²) < 4.78 is 6.19. The predicted octanol–water partition coefficient (Wildman–Crippen LogP) is 12.9. The number of para-hydroxylation sites is 1. The quantitative estimate of drug-likeness (QED) is 0.176. The zero-order valence-corrected chi connectivity index (χ0v) is 28.6. The minimum atomic E-state index is 0.673. The first kappa shape index (κ1) is 30.6.